The van der Waals surface area contributed by atoms with Gasteiger partial charge in [-0.3, -0.25) is 19.1 Å². The monoisotopic (exact) mass is 764 g/mol. The molecule has 12 heteroatoms. The summed E-state index contributed by atoms with van der Waals surface area (Å²) in [5, 5.41) is 21.9. The van der Waals surface area contributed by atoms with Crippen LogP contribution in [0.4, 0.5) is 11.4 Å². The van der Waals surface area contributed by atoms with E-state index in [2.05, 4.69) is 34.6 Å². The van der Waals surface area contributed by atoms with Gasteiger partial charge in [-0.25, -0.2) is 4.57 Å². The Balaban J connectivity index is 1.22. The van der Waals surface area contributed by atoms with E-state index < -0.39 is 7.82 Å². The van der Waals surface area contributed by atoms with Crippen molar-refractivity contribution in [2.45, 2.75) is 38.9 Å². The van der Waals surface area contributed by atoms with E-state index in [9.17, 15) is 9.67 Å². The number of alkyl halides is 2. The summed E-state index contributed by atoms with van der Waals surface area (Å²) < 4.78 is 34.9. The maximum Gasteiger partial charge on any atom is 0.530 e. The first-order valence-electron chi connectivity index (χ1n) is 16.4. The fourth-order valence-corrected chi connectivity index (χ4v) is 11.0. The number of phosphoric acid groups is 1. The molecule has 4 aromatic carbocycles. The fraction of sp³-hybridized carbons (Fsp3) is 0.263. The average Bonchev–Trinajstić information content (AvgIpc) is 3.90. The Hall–Kier alpha value is -3.27. The van der Waals surface area contributed by atoms with Gasteiger partial charge < -0.3 is 9.63 Å². The zero-order valence-electron chi connectivity index (χ0n) is 27.5. The number of hydrogen-bond donors (Lipinski definition) is 1. The Kier molecular flexibility index (Phi) is 9.27. The van der Waals surface area contributed by atoms with Crippen molar-refractivity contribution < 1.29 is 23.2 Å². The summed E-state index contributed by atoms with van der Waals surface area (Å²) in [4.78, 5) is 0. The number of halogens is 2. The summed E-state index contributed by atoms with van der Waals surface area (Å²) >= 11 is 16.5. The smallest absolute Gasteiger partial charge is 0.506 e. The molecule has 2 aromatic heterocycles. The molecule has 0 bridgehead atoms. The van der Waals surface area contributed by atoms with Crippen LogP contribution in [0.25, 0.3) is 20.2 Å². The van der Waals surface area contributed by atoms with Crippen LogP contribution in [0.15, 0.2) is 83.6 Å². The molecule has 4 heterocycles. The zero-order chi connectivity index (χ0) is 34.6. The van der Waals surface area contributed by atoms with Crippen LogP contribution in [-0.4, -0.2) is 30.0 Å². The maximum absolute atomic E-state index is 14.6. The molecule has 0 saturated carbocycles. The number of hydrazine groups is 1. The summed E-state index contributed by atoms with van der Waals surface area (Å²) in [5.74, 6) is 1.61. The lowest BCUT2D eigenvalue weighted by molar-refractivity contribution is 0.143. The Bertz CT molecular complexity index is 2200. The third-order valence-corrected chi connectivity index (χ3v) is 13.8. The number of anilines is 2. The second-order valence-electron chi connectivity index (χ2n) is 12.8. The molecule has 6 aromatic rings. The highest BCUT2D eigenvalue weighted by atomic mass is 35.5. The Morgan fingerprint density at radius 2 is 1.24 bits per heavy atom. The van der Waals surface area contributed by atoms with E-state index in [-0.39, 0.29) is 30.8 Å². The van der Waals surface area contributed by atoms with Crippen LogP contribution in [0, 0.1) is 13.8 Å². The molecule has 258 valence electrons. The Morgan fingerprint density at radius 3 is 1.76 bits per heavy atom. The number of hydrogen-bond acceptors (Lipinski definition) is 9. The Labute approximate surface area is 309 Å². The molecule has 0 fully saturated rings. The third kappa shape index (κ3) is 5.97. The van der Waals surface area contributed by atoms with E-state index in [1.165, 1.54) is 11.3 Å². The standard InChI is InChI=1S/C38H35Cl2N2O5PS2/c1-23-21-49-37-31(43)13-29-35(33(23)37)27(15-39)17-41(29)42-18-28(16-40)36-30(42)14-32(38-34(36)24(2)22-50-38)47-48(44,45-19-25-9-5-3-6-10-25)46-20-26-11-7-4-8-12-26/h3-14,21-22,27-28,43H,15-20H2,1-2H3/t27-,28-/m1/s1. The van der Waals surface area contributed by atoms with E-state index in [1.54, 1.807) is 11.3 Å². The maximum atomic E-state index is 14.6. The predicted molar refractivity (Wildman–Crippen MR) is 207 cm³/mol. The van der Waals surface area contributed by atoms with Gasteiger partial charge in [-0.2, -0.15) is 0 Å². The first kappa shape index (κ1) is 33.9. The SMILES string of the molecule is Cc1csc2c(O)cc3c(c12)[C@H](CCl)CN3N1C[C@@H](CCl)c2c1cc(OP(=O)(OCc1ccccc1)OCc1ccccc1)c1scc(C)c21. The van der Waals surface area contributed by atoms with Gasteiger partial charge in [-0.15, -0.1) is 45.9 Å². The molecule has 8 rings (SSSR count). The van der Waals surface area contributed by atoms with E-state index in [0.29, 0.717) is 30.6 Å². The minimum atomic E-state index is -4.16. The second-order valence-corrected chi connectivity index (χ2v) is 16.8. The number of fused-ring (bicyclic) bond motifs is 6. The molecule has 7 nitrogen and oxygen atoms in total. The highest BCUT2D eigenvalue weighted by Gasteiger charge is 2.42. The highest BCUT2D eigenvalue weighted by molar-refractivity contribution is 7.49. The second kappa shape index (κ2) is 13.7. The molecule has 2 atom stereocenters. The van der Waals surface area contributed by atoms with Gasteiger partial charge >= 0.3 is 7.82 Å². The van der Waals surface area contributed by atoms with Gasteiger partial charge in [-0.1, -0.05) is 60.7 Å². The van der Waals surface area contributed by atoms with Crippen LogP contribution in [0.3, 0.4) is 0 Å². The van der Waals surface area contributed by atoms with Gasteiger partial charge in [-0.05, 0) is 58.0 Å². The van der Waals surface area contributed by atoms with Crippen LogP contribution in [0.1, 0.15) is 45.2 Å². The van der Waals surface area contributed by atoms with Crippen LogP contribution in [0.2, 0.25) is 0 Å². The van der Waals surface area contributed by atoms with E-state index in [4.69, 9.17) is 36.8 Å². The number of rotatable bonds is 11. The minimum absolute atomic E-state index is 0.0192. The van der Waals surface area contributed by atoms with E-state index >= 15 is 0 Å². The molecule has 0 spiro atoms. The largest absolute Gasteiger partial charge is 0.530 e. The summed E-state index contributed by atoms with van der Waals surface area (Å²) in [6, 6.07) is 22.9. The number of aryl methyl sites for hydroxylation is 2. The van der Waals surface area contributed by atoms with Gasteiger partial charge in [0, 0.05) is 59.6 Å². The van der Waals surface area contributed by atoms with Crippen molar-refractivity contribution in [1.82, 2.24) is 0 Å². The number of phenolic OH excluding ortho intramolecular Hbond substituents is 1. The van der Waals surface area contributed by atoms with Crippen molar-refractivity contribution in [1.29, 1.82) is 0 Å². The molecule has 0 saturated heterocycles. The summed E-state index contributed by atoms with van der Waals surface area (Å²) in [6.45, 7) is 5.52. The number of thiophene rings is 2. The highest BCUT2D eigenvalue weighted by Crippen LogP contribution is 2.57. The lowest BCUT2D eigenvalue weighted by atomic mass is 9.97. The van der Waals surface area contributed by atoms with Gasteiger partial charge in [0.2, 0.25) is 0 Å². The first-order chi connectivity index (χ1) is 24.3. The molecule has 2 aliphatic heterocycles. The summed E-state index contributed by atoms with van der Waals surface area (Å²) in [5.41, 5.74) is 8.02. The molecule has 2 aliphatic rings. The van der Waals surface area contributed by atoms with Crippen molar-refractivity contribution in [3.63, 3.8) is 0 Å². The van der Waals surface area contributed by atoms with Crippen molar-refractivity contribution >= 4 is 85.2 Å². The number of nitrogens with zero attached hydrogens (tertiary/aromatic N) is 2. The molecule has 0 unspecified atom stereocenters. The van der Waals surface area contributed by atoms with Crippen molar-refractivity contribution in [2.24, 2.45) is 0 Å². The minimum Gasteiger partial charge on any atom is -0.506 e. The average molecular weight is 766 g/mol. The van der Waals surface area contributed by atoms with Gasteiger partial charge in [0.05, 0.1) is 34.0 Å². The molecule has 0 aliphatic carbocycles. The van der Waals surface area contributed by atoms with Crippen LogP contribution < -0.4 is 14.5 Å². The lowest BCUT2D eigenvalue weighted by Gasteiger charge is -2.33. The normalized spacial score (nSPS) is 17.2. The topological polar surface area (TPSA) is 71.5 Å². The van der Waals surface area contributed by atoms with E-state index in [0.717, 1.165) is 64.9 Å². The van der Waals surface area contributed by atoms with E-state index in [1.807, 2.05) is 72.8 Å². The van der Waals surface area contributed by atoms with Crippen molar-refractivity contribution in [3.05, 3.63) is 117 Å². The molecular formula is C38H35Cl2N2O5PS2. The summed E-state index contributed by atoms with van der Waals surface area (Å²) in [7, 11) is -4.16. The van der Waals surface area contributed by atoms with Crippen LogP contribution >= 0.6 is 53.7 Å². The zero-order valence-corrected chi connectivity index (χ0v) is 31.5. The fourth-order valence-electron chi connectivity index (χ4n) is 7.22. The summed E-state index contributed by atoms with van der Waals surface area (Å²) in [6.07, 6.45) is 0. The molecule has 0 amide bonds. The Morgan fingerprint density at radius 1 is 0.760 bits per heavy atom. The van der Waals surface area contributed by atoms with Crippen LogP contribution in [0.5, 0.6) is 11.5 Å². The number of phosphoric ester groups is 1. The molecular weight excluding hydrogens is 730 g/mol. The lowest BCUT2D eigenvalue weighted by Crippen LogP contribution is -2.42. The van der Waals surface area contributed by atoms with Gasteiger partial charge in [0.1, 0.15) is 5.75 Å². The van der Waals surface area contributed by atoms with Gasteiger partial charge in [0.15, 0.2) is 5.75 Å². The van der Waals surface area contributed by atoms with Crippen molar-refractivity contribution in [3.8, 4) is 11.5 Å². The van der Waals surface area contributed by atoms with Crippen LogP contribution in [-0.2, 0) is 26.8 Å². The molecule has 50 heavy (non-hydrogen) atoms. The third-order valence-electron chi connectivity index (χ3n) is 9.54. The predicted octanol–water partition coefficient (Wildman–Crippen LogP) is 11.3. The molecule has 0 radical (unpaired) electrons. The number of aromatic hydroxyl groups is 1. The first-order valence-corrected chi connectivity index (χ1v) is 20.7. The number of benzene rings is 4. The molecule has 1 N–H and O–H groups in total. The van der Waals surface area contributed by atoms with Gasteiger partial charge in [0.25, 0.3) is 0 Å². The number of phenols is 1. The van der Waals surface area contributed by atoms with Crippen molar-refractivity contribution in [2.75, 3.05) is 34.9 Å². The quantitative estimate of drug-likeness (QED) is 0.104.